The minimum absolute atomic E-state index is 0.00654. The molecule has 0 saturated carbocycles. The summed E-state index contributed by atoms with van der Waals surface area (Å²) < 4.78 is 11.3. The van der Waals surface area contributed by atoms with Gasteiger partial charge in [0, 0.05) is 12.5 Å². The number of hydrogen-bond donors (Lipinski definition) is 0. The summed E-state index contributed by atoms with van der Waals surface area (Å²) in [6.45, 7) is 4.71. The molecule has 2 saturated heterocycles. The van der Waals surface area contributed by atoms with Crippen molar-refractivity contribution >= 4 is 5.91 Å². The zero-order valence-electron chi connectivity index (χ0n) is 15.0. The van der Waals surface area contributed by atoms with Gasteiger partial charge < -0.3 is 14.1 Å². The van der Waals surface area contributed by atoms with Crippen LogP contribution >= 0.6 is 0 Å². The molecule has 0 N–H and O–H groups in total. The van der Waals surface area contributed by atoms with Crippen LogP contribution in [0.1, 0.15) is 30.3 Å². The molecule has 0 spiro atoms. The van der Waals surface area contributed by atoms with E-state index >= 15 is 0 Å². The summed E-state index contributed by atoms with van der Waals surface area (Å²) in [6.07, 6.45) is 3.56. The molecule has 1 aromatic heterocycles. The number of carbonyl (C=O) groups is 1. The molecule has 1 aromatic carbocycles. The molecule has 5 nitrogen and oxygen atoms in total. The van der Waals surface area contributed by atoms with Gasteiger partial charge in [-0.3, -0.25) is 9.69 Å². The van der Waals surface area contributed by atoms with Gasteiger partial charge in [-0.25, -0.2) is 0 Å². The Morgan fingerprint density at radius 2 is 1.85 bits per heavy atom. The van der Waals surface area contributed by atoms with Gasteiger partial charge in [0.2, 0.25) is 5.91 Å². The highest BCUT2D eigenvalue weighted by Crippen LogP contribution is 2.26. The van der Waals surface area contributed by atoms with Crippen LogP contribution in [0.25, 0.3) is 0 Å². The molecule has 0 bridgehead atoms. The summed E-state index contributed by atoms with van der Waals surface area (Å²) in [5.41, 5.74) is 1.15. The first-order chi connectivity index (χ1) is 12.8. The Kier molecular flexibility index (Phi) is 5.37. The Bertz CT molecular complexity index is 693. The second kappa shape index (κ2) is 8.06. The smallest absolute Gasteiger partial charge is 0.225 e. The first-order valence-electron chi connectivity index (χ1n) is 9.49. The topological polar surface area (TPSA) is 45.9 Å². The SMILES string of the molecule is O=C(C1CCN(Cc2ccco2)CC1)N1CCOC(c2ccccc2)C1. The molecule has 4 rings (SSSR count). The lowest BCUT2D eigenvalue weighted by molar-refractivity contribution is -0.145. The Morgan fingerprint density at radius 3 is 2.58 bits per heavy atom. The van der Waals surface area contributed by atoms with Crippen molar-refractivity contribution < 1.29 is 13.9 Å². The molecule has 3 heterocycles. The standard InChI is InChI=1S/C21H26N2O3/c24-21(18-8-10-22(11-9-18)15-19-7-4-13-25-19)23-12-14-26-20(16-23)17-5-2-1-3-6-17/h1-7,13,18,20H,8-12,14-16H2. The van der Waals surface area contributed by atoms with E-state index in [9.17, 15) is 4.79 Å². The number of furan rings is 1. The lowest BCUT2D eigenvalue weighted by atomic mass is 9.94. The Labute approximate surface area is 154 Å². The van der Waals surface area contributed by atoms with Crippen molar-refractivity contribution in [3.8, 4) is 0 Å². The number of piperidine rings is 1. The number of morpholine rings is 1. The van der Waals surface area contributed by atoms with Crippen LogP contribution in [0.15, 0.2) is 53.1 Å². The molecule has 2 fully saturated rings. The average Bonchev–Trinajstić information content (AvgIpc) is 3.22. The highest BCUT2D eigenvalue weighted by molar-refractivity contribution is 5.79. The molecule has 1 atom stereocenters. The van der Waals surface area contributed by atoms with Crippen LogP contribution in [0.4, 0.5) is 0 Å². The van der Waals surface area contributed by atoms with Crippen LogP contribution in [0.3, 0.4) is 0 Å². The summed E-state index contributed by atoms with van der Waals surface area (Å²) in [7, 11) is 0. The van der Waals surface area contributed by atoms with Crippen molar-refractivity contribution in [3.05, 3.63) is 60.1 Å². The zero-order valence-corrected chi connectivity index (χ0v) is 15.0. The monoisotopic (exact) mass is 354 g/mol. The molecule has 26 heavy (non-hydrogen) atoms. The van der Waals surface area contributed by atoms with Gasteiger partial charge in [-0.05, 0) is 43.6 Å². The van der Waals surface area contributed by atoms with E-state index in [0.717, 1.165) is 43.8 Å². The molecule has 0 radical (unpaired) electrons. The van der Waals surface area contributed by atoms with Gasteiger partial charge in [0.25, 0.3) is 0 Å². The second-order valence-corrected chi connectivity index (χ2v) is 7.18. The molecule has 2 aromatic rings. The Hall–Kier alpha value is -2.11. The predicted octanol–water partition coefficient (Wildman–Crippen LogP) is 3.09. The van der Waals surface area contributed by atoms with Crippen LogP contribution in [0.2, 0.25) is 0 Å². The van der Waals surface area contributed by atoms with Crippen molar-refractivity contribution in [1.29, 1.82) is 0 Å². The zero-order chi connectivity index (χ0) is 17.8. The number of hydrogen-bond acceptors (Lipinski definition) is 4. The van der Waals surface area contributed by atoms with Crippen LogP contribution in [-0.2, 0) is 16.1 Å². The molecule has 1 unspecified atom stereocenters. The van der Waals surface area contributed by atoms with Crippen molar-refractivity contribution in [3.63, 3.8) is 0 Å². The fourth-order valence-electron chi connectivity index (χ4n) is 3.94. The van der Waals surface area contributed by atoms with Crippen molar-refractivity contribution in [2.75, 3.05) is 32.8 Å². The highest BCUT2D eigenvalue weighted by atomic mass is 16.5. The van der Waals surface area contributed by atoms with E-state index in [0.29, 0.717) is 25.6 Å². The number of ether oxygens (including phenoxy) is 1. The highest BCUT2D eigenvalue weighted by Gasteiger charge is 2.32. The second-order valence-electron chi connectivity index (χ2n) is 7.18. The number of rotatable bonds is 4. The molecular weight excluding hydrogens is 328 g/mol. The largest absolute Gasteiger partial charge is 0.468 e. The van der Waals surface area contributed by atoms with Crippen molar-refractivity contribution in [2.24, 2.45) is 5.92 Å². The predicted molar refractivity (Wildman–Crippen MR) is 98.4 cm³/mol. The van der Waals surface area contributed by atoms with Gasteiger partial charge in [-0.1, -0.05) is 30.3 Å². The van der Waals surface area contributed by atoms with Gasteiger partial charge in [-0.15, -0.1) is 0 Å². The van der Waals surface area contributed by atoms with Crippen LogP contribution in [-0.4, -0.2) is 48.5 Å². The van der Waals surface area contributed by atoms with Gasteiger partial charge in [0.1, 0.15) is 11.9 Å². The lowest BCUT2D eigenvalue weighted by Gasteiger charge is -2.37. The van der Waals surface area contributed by atoms with E-state index in [4.69, 9.17) is 9.15 Å². The average molecular weight is 354 g/mol. The third kappa shape index (κ3) is 4.00. The summed E-state index contributed by atoms with van der Waals surface area (Å²) in [5.74, 6) is 1.43. The van der Waals surface area contributed by atoms with Gasteiger partial charge >= 0.3 is 0 Å². The quantitative estimate of drug-likeness (QED) is 0.846. The van der Waals surface area contributed by atoms with Gasteiger partial charge in [-0.2, -0.15) is 0 Å². The van der Waals surface area contributed by atoms with Crippen molar-refractivity contribution in [2.45, 2.75) is 25.5 Å². The number of carbonyl (C=O) groups excluding carboxylic acids is 1. The maximum atomic E-state index is 13.0. The summed E-state index contributed by atoms with van der Waals surface area (Å²) in [5, 5.41) is 0. The maximum absolute atomic E-state index is 13.0. The minimum atomic E-state index is -0.00654. The lowest BCUT2D eigenvalue weighted by Crippen LogP contribution is -2.47. The minimum Gasteiger partial charge on any atom is -0.468 e. The number of nitrogens with zero attached hydrogens (tertiary/aromatic N) is 2. The van der Waals surface area contributed by atoms with E-state index in [1.54, 1.807) is 6.26 Å². The van der Waals surface area contributed by atoms with E-state index in [2.05, 4.69) is 17.0 Å². The van der Waals surface area contributed by atoms with Crippen LogP contribution in [0, 0.1) is 5.92 Å². The number of benzene rings is 1. The summed E-state index contributed by atoms with van der Waals surface area (Å²) in [4.78, 5) is 17.4. The third-order valence-electron chi connectivity index (χ3n) is 5.45. The number of likely N-dealkylation sites (tertiary alicyclic amines) is 1. The van der Waals surface area contributed by atoms with Crippen LogP contribution in [0.5, 0.6) is 0 Å². The van der Waals surface area contributed by atoms with Gasteiger partial charge in [0.15, 0.2) is 0 Å². The maximum Gasteiger partial charge on any atom is 0.225 e. The fourth-order valence-corrected chi connectivity index (χ4v) is 3.94. The normalized spacial score (nSPS) is 22.5. The molecule has 1 amide bonds. The first-order valence-corrected chi connectivity index (χ1v) is 9.49. The molecule has 2 aliphatic heterocycles. The molecule has 138 valence electrons. The molecule has 0 aliphatic carbocycles. The molecular formula is C21H26N2O3. The molecule has 5 heteroatoms. The van der Waals surface area contributed by atoms with Crippen LogP contribution < -0.4 is 0 Å². The van der Waals surface area contributed by atoms with E-state index in [-0.39, 0.29) is 12.0 Å². The first kappa shape index (κ1) is 17.3. The van der Waals surface area contributed by atoms with Gasteiger partial charge in [0.05, 0.1) is 26.0 Å². The van der Waals surface area contributed by atoms with E-state index in [1.807, 2.05) is 35.2 Å². The van der Waals surface area contributed by atoms with E-state index in [1.165, 1.54) is 0 Å². The summed E-state index contributed by atoms with van der Waals surface area (Å²) >= 11 is 0. The molecule has 2 aliphatic rings. The Balaban J connectivity index is 1.30. The van der Waals surface area contributed by atoms with E-state index < -0.39 is 0 Å². The van der Waals surface area contributed by atoms with Crippen molar-refractivity contribution in [1.82, 2.24) is 9.80 Å². The fraction of sp³-hybridized carbons (Fsp3) is 0.476. The summed E-state index contributed by atoms with van der Waals surface area (Å²) in [6, 6.07) is 14.1. The number of amides is 1. The third-order valence-corrected chi connectivity index (χ3v) is 5.45. The Morgan fingerprint density at radius 1 is 1.04 bits per heavy atom.